The maximum Gasteiger partial charge on any atom is 0.341 e. The van der Waals surface area contributed by atoms with Gasteiger partial charge < -0.3 is 20.6 Å². The lowest BCUT2D eigenvalue weighted by atomic mass is 9.75. The van der Waals surface area contributed by atoms with Crippen LogP contribution in [-0.4, -0.2) is 23.2 Å². The van der Waals surface area contributed by atoms with E-state index in [1.165, 1.54) is 16.6 Å². The van der Waals surface area contributed by atoms with Gasteiger partial charge in [-0.2, -0.15) is 0 Å². The number of carboxylic acid groups (broad SMARTS) is 1. The minimum atomic E-state index is -1.23. The molecule has 0 amide bonds. The summed E-state index contributed by atoms with van der Waals surface area (Å²) in [5, 5.41) is 9.74. The van der Waals surface area contributed by atoms with E-state index >= 15 is 0 Å². The molecule has 2 heterocycles. The number of aromatic nitrogens is 1. The third kappa shape index (κ3) is 3.27. The first-order valence-electron chi connectivity index (χ1n) is 10.6. The van der Waals surface area contributed by atoms with Crippen LogP contribution in [0.1, 0.15) is 71.4 Å². The third-order valence-electron chi connectivity index (χ3n) is 6.48. The van der Waals surface area contributed by atoms with E-state index in [9.17, 15) is 14.7 Å². The van der Waals surface area contributed by atoms with Crippen LogP contribution in [0.25, 0.3) is 21.3 Å². The SMILES string of the molecule is COc1c(-c2cc3c(s2)C(N)CC(C)(C)C3)c(C2CC2)cc2c(=O)c(C(=O)O)c[nH]c12. The maximum atomic E-state index is 12.9. The van der Waals surface area contributed by atoms with Gasteiger partial charge in [0, 0.05) is 27.6 Å². The van der Waals surface area contributed by atoms with Crippen LogP contribution in [0.3, 0.4) is 0 Å². The van der Waals surface area contributed by atoms with E-state index in [-0.39, 0.29) is 17.0 Å². The normalized spacial score (nSPS) is 19.9. The molecule has 0 saturated heterocycles. The minimum Gasteiger partial charge on any atom is -0.494 e. The third-order valence-corrected chi connectivity index (χ3v) is 7.81. The van der Waals surface area contributed by atoms with Gasteiger partial charge in [0.05, 0.1) is 18.0 Å². The molecule has 3 aromatic rings. The van der Waals surface area contributed by atoms with E-state index in [1.54, 1.807) is 18.4 Å². The van der Waals surface area contributed by atoms with Gasteiger partial charge in [-0.1, -0.05) is 13.8 Å². The standard InChI is InChI=1S/C24H26N2O4S/c1-24(2)8-12-6-17(31-22(12)16(25)9-24)18-13(11-4-5-11)7-14-19(21(18)30-3)26-10-15(20(14)27)23(28)29/h6-7,10-11,16H,4-5,8-9,25H2,1-3H3,(H,26,27)(H,28,29). The number of thiophene rings is 1. The van der Waals surface area contributed by atoms with Crippen LogP contribution in [-0.2, 0) is 6.42 Å². The lowest BCUT2D eigenvalue weighted by Crippen LogP contribution is -2.28. The molecule has 0 radical (unpaired) electrons. The predicted octanol–water partition coefficient (Wildman–Crippen LogP) is 4.81. The number of carboxylic acids is 1. The quantitative estimate of drug-likeness (QED) is 0.542. The molecular formula is C24H26N2O4S. The van der Waals surface area contributed by atoms with Crippen LogP contribution in [0.15, 0.2) is 23.1 Å². The molecule has 31 heavy (non-hydrogen) atoms. The molecule has 1 atom stereocenters. The number of methoxy groups -OCH3 is 1. The van der Waals surface area contributed by atoms with E-state index in [2.05, 4.69) is 24.9 Å². The van der Waals surface area contributed by atoms with Crippen LogP contribution in [0.5, 0.6) is 5.75 Å². The van der Waals surface area contributed by atoms with Crippen LogP contribution in [0.2, 0.25) is 0 Å². The van der Waals surface area contributed by atoms with Crippen molar-refractivity contribution in [3.63, 3.8) is 0 Å². The Hall–Kier alpha value is -2.64. The minimum absolute atomic E-state index is 0.0197. The van der Waals surface area contributed by atoms with Crippen molar-refractivity contribution in [3.05, 3.63) is 50.1 Å². The van der Waals surface area contributed by atoms with Crippen molar-refractivity contribution >= 4 is 28.2 Å². The summed E-state index contributed by atoms with van der Waals surface area (Å²) < 4.78 is 5.84. The number of carbonyl (C=O) groups is 1. The molecule has 0 aliphatic heterocycles. The first-order valence-corrected chi connectivity index (χ1v) is 11.4. The highest BCUT2D eigenvalue weighted by Gasteiger charge is 2.35. The number of rotatable bonds is 4. The lowest BCUT2D eigenvalue weighted by Gasteiger charge is -2.33. The van der Waals surface area contributed by atoms with E-state index in [0.29, 0.717) is 22.6 Å². The fourth-order valence-electron chi connectivity index (χ4n) is 4.98. The number of hydrogen-bond acceptors (Lipinski definition) is 5. The highest BCUT2D eigenvalue weighted by Crippen LogP contribution is 2.53. The zero-order valence-corrected chi connectivity index (χ0v) is 18.7. The number of nitrogens with two attached hydrogens (primary N) is 1. The zero-order chi connectivity index (χ0) is 22.1. The Bertz CT molecular complexity index is 1280. The van der Waals surface area contributed by atoms with E-state index in [0.717, 1.165) is 41.7 Å². The van der Waals surface area contributed by atoms with Crippen LogP contribution >= 0.6 is 11.3 Å². The van der Waals surface area contributed by atoms with E-state index < -0.39 is 11.4 Å². The second-order valence-electron chi connectivity index (χ2n) is 9.56. The highest BCUT2D eigenvalue weighted by atomic mass is 32.1. The Kier molecular flexibility index (Phi) is 4.53. The number of nitrogens with one attached hydrogen (secondary N) is 1. The summed E-state index contributed by atoms with van der Waals surface area (Å²) in [5.74, 6) is -0.285. The number of aromatic carboxylic acids is 1. The smallest absolute Gasteiger partial charge is 0.341 e. The predicted molar refractivity (Wildman–Crippen MR) is 122 cm³/mol. The molecule has 1 fully saturated rings. The molecule has 2 aliphatic carbocycles. The summed E-state index contributed by atoms with van der Waals surface area (Å²) in [6.07, 6.45) is 5.30. The molecular weight excluding hydrogens is 412 g/mol. The first-order chi connectivity index (χ1) is 14.7. The molecule has 1 saturated carbocycles. The van der Waals surface area contributed by atoms with Crippen molar-refractivity contribution < 1.29 is 14.6 Å². The number of benzene rings is 1. The molecule has 5 rings (SSSR count). The summed E-state index contributed by atoms with van der Waals surface area (Å²) in [7, 11) is 1.60. The second-order valence-corrected chi connectivity index (χ2v) is 10.6. The van der Waals surface area contributed by atoms with Crippen molar-refractivity contribution in [1.82, 2.24) is 4.98 Å². The summed E-state index contributed by atoms with van der Waals surface area (Å²) in [4.78, 5) is 29.7. The van der Waals surface area contributed by atoms with Crippen molar-refractivity contribution in [2.45, 2.75) is 51.5 Å². The molecule has 2 aliphatic rings. The summed E-state index contributed by atoms with van der Waals surface area (Å²) in [6, 6.07) is 4.13. The fourth-order valence-corrected chi connectivity index (χ4v) is 6.23. The highest BCUT2D eigenvalue weighted by molar-refractivity contribution is 7.15. The number of pyridine rings is 1. The number of H-pyrrole nitrogens is 1. The molecule has 0 spiro atoms. The van der Waals surface area contributed by atoms with Gasteiger partial charge in [0.2, 0.25) is 5.43 Å². The van der Waals surface area contributed by atoms with Gasteiger partial charge in [0.15, 0.2) is 5.75 Å². The van der Waals surface area contributed by atoms with Gasteiger partial charge in [-0.25, -0.2) is 4.79 Å². The second kappa shape index (κ2) is 6.93. The topological polar surface area (TPSA) is 105 Å². The Morgan fingerprint density at radius 3 is 2.71 bits per heavy atom. The zero-order valence-electron chi connectivity index (χ0n) is 17.9. The largest absolute Gasteiger partial charge is 0.494 e. The van der Waals surface area contributed by atoms with Crippen LogP contribution in [0, 0.1) is 5.41 Å². The summed E-state index contributed by atoms with van der Waals surface area (Å²) in [5.41, 5.74) is 9.83. The number of aromatic amines is 1. The Morgan fingerprint density at radius 1 is 1.32 bits per heavy atom. The average Bonchev–Trinajstić information content (AvgIpc) is 3.45. The Labute approximate surface area is 184 Å². The molecule has 2 aromatic heterocycles. The van der Waals surface area contributed by atoms with Crippen LogP contribution in [0.4, 0.5) is 0 Å². The number of fused-ring (bicyclic) bond motifs is 2. The van der Waals surface area contributed by atoms with Gasteiger partial charge in [-0.05, 0) is 60.3 Å². The van der Waals surface area contributed by atoms with Gasteiger partial charge in [-0.15, -0.1) is 11.3 Å². The molecule has 0 bridgehead atoms. The maximum absolute atomic E-state index is 12.9. The van der Waals surface area contributed by atoms with Crippen molar-refractivity contribution in [2.75, 3.05) is 7.11 Å². The summed E-state index contributed by atoms with van der Waals surface area (Å²) >= 11 is 1.72. The molecule has 7 heteroatoms. The Balaban J connectivity index is 1.78. The van der Waals surface area contributed by atoms with Gasteiger partial charge >= 0.3 is 5.97 Å². The van der Waals surface area contributed by atoms with Crippen molar-refractivity contribution in [3.8, 4) is 16.2 Å². The molecule has 1 unspecified atom stereocenters. The van der Waals surface area contributed by atoms with E-state index in [1.807, 2.05) is 6.07 Å². The fraction of sp³-hybridized carbons (Fsp3) is 0.417. The molecule has 162 valence electrons. The lowest BCUT2D eigenvalue weighted by molar-refractivity contribution is 0.0695. The van der Waals surface area contributed by atoms with Gasteiger partial charge in [-0.3, -0.25) is 4.79 Å². The monoisotopic (exact) mass is 438 g/mol. The molecule has 4 N–H and O–H groups in total. The van der Waals surface area contributed by atoms with E-state index in [4.69, 9.17) is 10.5 Å². The molecule has 6 nitrogen and oxygen atoms in total. The molecule has 1 aromatic carbocycles. The van der Waals surface area contributed by atoms with Crippen molar-refractivity contribution in [2.24, 2.45) is 11.1 Å². The number of ether oxygens (including phenoxy) is 1. The Morgan fingerprint density at radius 2 is 2.06 bits per heavy atom. The number of hydrogen-bond donors (Lipinski definition) is 3. The van der Waals surface area contributed by atoms with Crippen molar-refractivity contribution in [1.29, 1.82) is 0 Å². The van der Waals surface area contributed by atoms with Gasteiger partial charge in [0.25, 0.3) is 0 Å². The first kappa shape index (κ1) is 20.3. The van der Waals surface area contributed by atoms with Crippen LogP contribution < -0.4 is 15.9 Å². The summed E-state index contributed by atoms with van der Waals surface area (Å²) in [6.45, 7) is 4.51. The average molecular weight is 439 g/mol. The van der Waals surface area contributed by atoms with Gasteiger partial charge in [0.1, 0.15) is 5.56 Å².